The van der Waals surface area contributed by atoms with Gasteiger partial charge in [0.15, 0.2) is 0 Å². The van der Waals surface area contributed by atoms with Gasteiger partial charge in [0.05, 0.1) is 5.56 Å². The first kappa shape index (κ1) is 26.8. The third-order valence-corrected chi connectivity index (χ3v) is 6.78. The van der Waals surface area contributed by atoms with Crippen molar-refractivity contribution in [1.82, 2.24) is 15.6 Å². The van der Waals surface area contributed by atoms with Gasteiger partial charge in [-0.05, 0) is 83.7 Å². The summed E-state index contributed by atoms with van der Waals surface area (Å²) in [6.45, 7) is 11.7. The molecule has 1 aliphatic heterocycles. The van der Waals surface area contributed by atoms with Gasteiger partial charge in [-0.25, -0.2) is 0 Å². The van der Waals surface area contributed by atoms with Crippen molar-refractivity contribution in [3.05, 3.63) is 62.1 Å². The summed E-state index contributed by atoms with van der Waals surface area (Å²) in [6.07, 6.45) is -3.01. The molecule has 0 radical (unpaired) electrons. The van der Waals surface area contributed by atoms with Crippen LogP contribution in [0, 0.1) is 20.8 Å². The van der Waals surface area contributed by atoms with Gasteiger partial charge >= 0.3 is 6.18 Å². The van der Waals surface area contributed by atoms with Crippen molar-refractivity contribution in [2.24, 2.45) is 0 Å². The Kier molecular flexibility index (Phi) is 7.99. The molecule has 0 aliphatic carbocycles. The van der Waals surface area contributed by atoms with Crippen LogP contribution < -0.4 is 21.1 Å². The Morgan fingerprint density at radius 1 is 1.11 bits per heavy atom. The van der Waals surface area contributed by atoms with E-state index in [2.05, 4.69) is 29.5 Å². The molecule has 1 amide bonds. The first-order valence-electron chi connectivity index (χ1n) is 12.0. The Labute approximate surface area is 204 Å². The highest BCUT2D eigenvalue weighted by molar-refractivity contribution is 5.97. The summed E-state index contributed by atoms with van der Waals surface area (Å²) in [5, 5.41) is 6.12. The number of carbonyl (C=O) groups is 1. The fourth-order valence-corrected chi connectivity index (χ4v) is 5.18. The van der Waals surface area contributed by atoms with E-state index in [1.807, 2.05) is 11.8 Å². The SMILES string of the molecule is CCN(c1cc(C(F)(F)F)cc(C(=O)NCc2c(C)cc(C)[nH]c2=O)c1C)C1CC(C)NC(C)C1. The smallest absolute Gasteiger partial charge is 0.368 e. The maximum Gasteiger partial charge on any atom is 0.416 e. The minimum absolute atomic E-state index is 0.0375. The van der Waals surface area contributed by atoms with Gasteiger partial charge in [0, 0.05) is 53.7 Å². The minimum atomic E-state index is -4.60. The van der Waals surface area contributed by atoms with E-state index in [1.54, 1.807) is 26.8 Å². The summed E-state index contributed by atoms with van der Waals surface area (Å²) in [4.78, 5) is 30.1. The number of hydrogen-bond donors (Lipinski definition) is 3. The predicted octanol–water partition coefficient (Wildman–Crippen LogP) is 4.60. The van der Waals surface area contributed by atoms with Gasteiger partial charge in [0.1, 0.15) is 0 Å². The number of piperidine rings is 1. The van der Waals surface area contributed by atoms with Crippen LogP contribution >= 0.6 is 0 Å². The summed E-state index contributed by atoms with van der Waals surface area (Å²) >= 11 is 0. The minimum Gasteiger partial charge on any atom is -0.368 e. The molecule has 0 spiro atoms. The number of anilines is 1. The van der Waals surface area contributed by atoms with Gasteiger partial charge in [0.2, 0.25) is 0 Å². The molecule has 1 aromatic carbocycles. The number of aromatic amines is 1. The van der Waals surface area contributed by atoms with Crippen molar-refractivity contribution in [3.63, 3.8) is 0 Å². The van der Waals surface area contributed by atoms with Crippen LogP contribution in [0.15, 0.2) is 23.0 Å². The molecule has 1 aromatic heterocycles. The van der Waals surface area contributed by atoms with Crippen LogP contribution in [0.2, 0.25) is 0 Å². The van der Waals surface area contributed by atoms with Crippen molar-refractivity contribution >= 4 is 11.6 Å². The first-order chi connectivity index (χ1) is 16.3. The average Bonchev–Trinajstić information content (AvgIpc) is 2.73. The summed E-state index contributed by atoms with van der Waals surface area (Å²) in [5.74, 6) is -0.641. The highest BCUT2D eigenvalue weighted by atomic mass is 19.4. The maximum absolute atomic E-state index is 13.9. The number of rotatable bonds is 6. The lowest BCUT2D eigenvalue weighted by atomic mass is 9.92. The molecule has 6 nitrogen and oxygen atoms in total. The Bertz CT molecular complexity index is 1130. The Morgan fingerprint density at radius 3 is 2.29 bits per heavy atom. The second-order valence-electron chi connectivity index (χ2n) is 9.67. The summed E-state index contributed by atoms with van der Waals surface area (Å²) < 4.78 is 41.6. The zero-order chi connectivity index (χ0) is 26.1. The van der Waals surface area contributed by atoms with E-state index in [1.165, 1.54) is 0 Å². The number of amides is 1. The molecule has 2 heterocycles. The van der Waals surface area contributed by atoms with Crippen molar-refractivity contribution in [1.29, 1.82) is 0 Å². The van der Waals surface area contributed by atoms with Crippen LogP contribution in [0.3, 0.4) is 0 Å². The highest BCUT2D eigenvalue weighted by Crippen LogP contribution is 2.37. The lowest BCUT2D eigenvalue weighted by Gasteiger charge is -2.41. The molecule has 2 aromatic rings. The maximum atomic E-state index is 13.9. The fraction of sp³-hybridized carbons (Fsp3) is 0.538. The van der Waals surface area contributed by atoms with E-state index >= 15 is 0 Å². The first-order valence-corrected chi connectivity index (χ1v) is 12.0. The van der Waals surface area contributed by atoms with Gasteiger partial charge in [-0.3, -0.25) is 9.59 Å². The topological polar surface area (TPSA) is 77.2 Å². The molecule has 1 aliphatic rings. The number of pyridine rings is 1. The fourth-order valence-electron chi connectivity index (χ4n) is 5.18. The van der Waals surface area contributed by atoms with Crippen LogP contribution in [0.1, 0.15) is 71.9 Å². The number of H-pyrrole nitrogens is 1. The molecular formula is C26H35F3N4O2. The third kappa shape index (κ3) is 6.07. The standard InChI is InChI=1S/C26H35F3N4O2/c1-7-33(20-9-16(4)31-17(5)10-20)23-12-19(26(27,28)29)11-21(18(23)6)24(34)30-13-22-14(2)8-15(3)32-25(22)35/h8,11-12,16-17,20,31H,7,9-10,13H2,1-6H3,(H,30,34)(H,32,35). The number of carbonyl (C=O) groups excluding carboxylic acids is 1. The average molecular weight is 493 g/mol. The largest absolute Gasteiger partial charge is 0.416 e. The zero-order valence-electron chi connectivity index (χ0n) is 21.2. The molecule has 0 bridgehead atoms. The Balaban J connectivity index is 1.99. The number of hydrogen-bond acceptors (Lipinski definition) is 4. The van der Waals surface area contributed by atoms with E-state index in [0.29, 0.717) is 34.6 Å². The molecule has 1 saturated heterocycles. The zero-order valence-corrected chi connectivity index (χ0v) is 21.2. The number of halogens is 3. The Hall–Kier alpha value is -2.81. The van der Waals surface area contributed by atoms with E-state index < -0.39 is 17.6 Å². The van der Waals surface area contributed by atoms with Gasteiger partial charge in [-0.2, -0.15) is 13.2 Å². The van der Waals surface area contributed by atoms with E-state index in [-0.39, 0.29) is 35.8 Å². The molecule has 192 valence electrons. The Morgan fingerprint density at radius 2 is 1.74 bits per heavy atom. The van der Waals surface area contributed by atoms with Crippen LogP contribution in [-0.2, 0) is 12.7 Å². The number of benzene rings is 1. The molecule has 35 heavy (non-hydrogen) atoms. The molecule has 3 rings (SSSR count). The normalized spacial score (nSPS) is 20.5. The lowest BCUT2D eigenvalue weighted by molar-refractivity contribution is -0.137. The molecule has 0 saturated carbocycles. The van der Waals surface area contributed by atoms with Crippen molar-refractivity contribution in [2.75, 3.05) is 11.4 Å². The van der Waals surface area contributed by atoms with Crippen LogP contribution in [0.4, 0.5) is 18.9 Å². The molecule has 2 atom stereocenters. The van der Waals surface area contributed by atoms with Gasteiger partial charge in [0.25, 0.3) is 11.5 Å². The number of nitrogens with one attached hydrogen (secondary N) is 3. The molecule has 2 unspecified atom stereocenters. The number of aryl methyl sites for hydroxylation is 2. The van der Waals surface area contributed by atoms with Crippen LogP contribution in [0.5, 0.6) is 0 Å². The monoisotopic (exact) mass is 492 g/mol. The number of nitrogens with zero attached hydrogens (tertiary/aromatic N) is 1. The predicted molar refractivity (Wildman–Crippen MR) is 132 cm³/mol. The molecular weight excluding hydrogens is 457 g/mol. The summed E-state index contributed by atoms with van der Waals surface area (Å²) in [7, 11) is 0. The second kappa shape index (κ2) is 10.4. The van der Waals surface area contributed by atoms with Gasteiger partial charge in [-0.15, -0.1) is 0 Å². The highest BCUT2D eigenvalue weighted by Gasteiger charge is 2.35. The lowest BCUT2D eigenvalue weighted by Crippen LogP contribution is -2.51. The van der Waals surface area contributed by atoms with Crippen LogP contribution in [0.25, 0.3) is 0 Å². The molecule has 1 fully saturated rings. The van der Waals surface area contributed by atoms with Gasteiger partial charge < -0.3 is 20.5 Å². The third-order valence-electron chi connectivity index (χ3n) is 6.78. The van der Waals surface area contributed by atoms with E-state index in [0.717, 1.165) is 25.0 Å². The quantitative estimate of drug-likeness (QED) is 0.551. The summed E-state index contributed by atoms with van der Waals surface area (Å²) in [5.41, 5.74) is 1.47. The van der Waals surface area contributed by atoms with E-state index in [9.17, 15) is 22.8 Å². The second-order valence-corrected chi connectivity index (χ2v) is 9.67. The molecule has 3 N–H and O–H groups in total. The number of aromatic nitrogens is 1. The summed E-state index contributed by atoms with van der Waals surface area (Å²) in [6, 6.07) is 4.38. The van der Waals surface area contributed by atoms with Crippen LogP contribution in [-0.4, -0.2) is 35.6 Å². The van der Waals surface area contributed by atoms with Crippen molar-refractivity contribution in [3.8, 4) is 0 Å². The molecule has 9 heteroatoms. The number of alkyl halides is 3. The van der Waals surface area contributed by atoms with Crippen molar-refractivity contribution < 1.29 is 18.0 Å². The van der Waals surface area contributed by atoms with Crippen molar-refractivity contribution in [2.45, 2.75) is 85.2 Å². The van der Waals surface area contributed by atoms with E-state index in [4.69, 9.17) is 0 Å². The van der Waals surface area contributed by atoms with Gasteiger partial charge in [-0.1, -0.05) is 0 Å².